The van der Waals surface area contributed by atoms with Crippen LogP contribution < -0.4 is 10.1 Å². The molecule has 0 fully saturated rings. The van der Waals surface area contributed by atoms with Crippen LogP contribution >= 0.6 is 0 Å². The van der Waals surface area contributed by atoms with Crippen molar-refractivity contribution in [2.24, 2.45) is 0 Å². The number of ketones is 1. The first-order chi connectivity index (χ1) is 11.8. The standard InChI is InChI=1S/C20H22N2O3/c1-20(2,3)22-19(24)16-10-13(8-9-21-16)11-17(23)15-12-25-18-7-5-4-6-14(15)18/h4-10,15H,11-12H2,1-3H3,(H,22,24). The van der Waals surface area contributed by atoms with E-state index in [0.717, 1.165) is 16.9 Å². The van der Waals surface area contributed by atoms with E-state index in [9.17, 15) is 9.59 Å². The second-order valence-electron chi connectivity index (χ2n) is 7.30. The fourth-order valence-electron chi connectivity index (χ4n) is 2.87. The van der Waals surface area contributed by atoms with E-state index in [2.05, 4.69) is 10.3 Å². The number of para-hydroxylation sites is 1. The average molecular weight is 338 g/mol. The molecule has 1 aromatic heterocycles. The highest BCUT2D eigenvalue weighted by atomic mass is 16.5. The SMILES string of the molecule is CC(C)(C)NC(=O)c1cc(CC(=O)C2COc3ccccc32)ccn1. The van der Waals surface area contributed by atoms with Crippen LogP contribution in [0.1, 0.15) is 48.3 Å². The Balaban J connectivity index is 1.73. The number of nitrogens with one attached hydrogen (secondary N) is 1. The van der Waals surface area contributed by atoms with Gasteiger partial charge in [-0.1, -0.05) is 18.2 Å². The Morgan fingerprint density at radius 3 is 2.76 bits per heavy atom. The van der Waals surface area contributed by atoms with E-state index in [1.54, 1.807) is 18.3 Å². The first-order valence-corrected chi connectivity index (χ1v) is 8.35. The number of hydrogen-bond acceptors (Lipinski definition) is 4. The maximum Gasteiger partial charge on any atom is 0.270 e. The molecule has 3 rings (SSSR count). The molecule has 1 aromatic carbocycles. The molecule has 0 saturated heterocycles. The molecule has 2 heterocycles. The summed E-state index contributed by atoms with van der Waals surface area (Å²) in [4.78, 5) is 29.0. The van der Waals surface area contributed by atoms with Crippen LogP contribution in [0.15, 0.2) is 42.6 Å². The molecule has 2 aromatic rings. The number of ether oxygens (including phenoxy) is 1. The quantitative estimate of drug-likeness (QED) is 0.931. The third kappa shape index (κ3) is 4.05. The molecule has 5 heteroatoms. The highest BCUT2D eigenvalue weighted by Gasteiger charge is 2.29. The summed E-state index contributed by atoms with van der Waals surface area (Å²) in [6.07, 6.45) is 1.82. The van der Waals surface area contributed by atoms with Gasteiger partial charge in [0.15, 0.2) is 0 Å². The topological polar surface area (TPSA) is 68.3 Å². The summed E-state index contributed by atoms with van der Waals surface area (Å²) >= 11 is 0. The molecule has 1 aliphatic rings. The summed E-state index contributed by atoms with van der Waals surface area (Å²) in [5.74, 6) is 0.367. The minimum atomic E-state index is -0.338. The zero-order chi connectivity index (χ0) is 18.0. The van der Waals surface area contributed by atoms with E-state index in [0.29, 0.717) is 12.3 Å². The fraction of sp³-hybridized carbons (Fsp3) is 0.350. The molecule has 1 amide bonds. The lowest BCUT2D eigenvalue weighted by Gasteiger charge is -2.20. The summed E-state index contributed by atoms with van der Waals surface area (Å²) < 4.78 is 5.59. The molecule has 130 valence electrons. The molecule has 0 spiro atoms. The first kappa shape index (κ1) is 17.1. The summed E-state index contributed by atoms with van der Waals surface area (Å²) in [6.45, 7) is 6.11. The minimum absolute atomic E-state index is 0.0818. The van der Waals surface area contributed by atoms with Gasteiger partial charge in [0.25, 0.3) is 5.91 Å². The second-order valence-corrected chi connectivity index (χ2v) is 7.30. The number of hydrogen-bond donors (Lipinski definition) is 1. The van der Waals surface area contributed by atoms with E-state index < -0.39 is 0 Å². The molecule has 0 aliphatic carbocycles. The molecule has 0 bridgehead atoms. The van der Waals surface area contributed by atoms with Gasteiger partial charge in [-0.2, -0.15) is 0 Å². The van der Waals surface area contributed by atoms with Crippen molar-refractivity contribution < 1.29 is 14.3 Å². The molecular weight excluding hydrogens is 316 g/mol. The van der Waals surface area contributed by atoms with Crippen LogP contribution in [-0.4, -0.2) is 28.8 Å². The number of carbonyl (C=O) groups excluding carboxylic acids is 2. The Morgan fingerprint density at radius 1 is 1.24 bits per heavy atom. The highest BCUT2D eigenvalue weighted by molar-refractivity contribution is 5.93. The fourth-order valence-corrected chi connectivity index (χ4v) is 2.87. The van der Waals surface area contributed by atoms with Crippen LogP contribution in [0.4, 0.5) is 0 Å². The zero-order valence-electron chi connectivity index (χ0n) is 14.7. The van der Waals surface area contributed by atoms with Crippen molar-refractivity contribution in [2.75, 3.05) is 6.61 Å². The molecule has 0 radical (unpaired) electrons. The van der Waals surface area contributed by atoms with Crippen molar-refractivity contribution in [3.05, 3.63) is 59.4 Å². The van der Waals surface area contributed by atoms with Crippen LogP contribution in [0.25, 0.3) is 0 Å². The van der Waals surface area contributed by atoms with Gasteiger partial charge in [-0.25, -0.2) is 0 Å². The highest BCUT2D eigenvalue weighted by Crippen LogP contribution is 2.34. The molecule has 1 atom stereocenters. The monoisotopic (exact) mass is 338 g/mol. The van der Waals surface area contributed by atoms with Crippen molar-refractivity contribution in [3.63, 3.8) is 0 Å². The van der Waals surface area contributed by atoms with Gasteiger partial charge in [0.2, 0.25) is 0 Å². The van der Waals surface area contributed by atoms with Crippen LogP contribution in [0.5, 0.6) is 5.75 Å². The van der Waals surface area contributed by atoms with Crippen LogP contribution in [0.2, 0.25) is 0 Å². The van der Waals surface area contributed by atoms with Gasteiger partial charge >= 0.3 is 0 Å². The minimum Gasteiger partial charge on any atom is -0.492 e. The van der Waals surface area contributed by atoms with Gasteiger partial charge in [0.1, 0.15) is 23.8 Å². The van der Waals surface area contributed by atoms with Gasteiger partial charge in [-0.3, -0.25) is 14.6 Å². The van der Waals surface area contributed by atoms with E-state index >= 15 is 0 Å². The van der Waals surface area contributed by atoms with Crippen molar-refractivity contribution in [1.82, 2.24) is 10.3 Å². The van der Waals surface area contributed by atoms with Gasteiger partial charge in [-0.15, -0.1) is 0 Å². The van der Waals surface area contributed by atoms with Gasteiger partial charge < -0.3 is 10.1 Å². The van der Waals surface area contributed by atoms with Gasteiger partial charge in [0, 0.05) is 23.7 Å². The number of benzene rings is 1. The Hall–Kier alpha value is -2.69. The number of amides is 1. The predicted octanol–water partition coefficient (Wildman–Crippen LogP) is 2.90. The van der Waals surface area contributed by atoms with Crippen molar-refractivity contribution >= 4 is 11.7 Å². The van der Waals surface area contributed by atoms with Crippen LogP contribution in [0.3, 0.4) is 0 Å². The molecule has 1 aliphatic heterocycles. The second kappa shape index (κ2) is 6.67. The van der Waals surface area contributed by atoms with E-state index in [-0.39, 0.29) is 29.6 Å². The molecular formula is C20H22N2O3. The normalized spacial score (nSPS) is 16.0. The first-order valence-electron chi connectivity index (χ1n) is 8.35. The number of Topliss-reactive ketones (excluding diaryl/α,β-unsaturated/α-hetero) is 1. The van der Waals surface area contributed by atoms with Crippen LogP contribution in [0, 0.1) is 0 Å². The molecule has 5 nitrogen and oxygen atoms in total. The third-order valence-electron chi connectivity index (χ3n) is 4.01. The number of fused-ring (bicyclic) bond motifs is 1. The largest absolute Gasteiger partial charge is 0.492 e. The summed E-state index contributed by atoms with van der Waals surface area (Å²) in [5, 5.41) is 2.88. The van der Waals surface area contributed by atoms with E-state index in [1.807, 2.05) is 45.0 Å². The number of nitrogens with zero attached hydrogens (tertiary/aromatic N) is 1. The van der Waals surface area contributed by atoms with E-state index in [4.69, 9.17) is 4.74 Å². The summed E-state index contributed by atoms with van der Waals surface area (Å²) in [5.41, 5.74) is 1.70. The van der Waals surface area contributed by atoms with Crippen LogP contribution in [-0.2, 0) is 11.2 Å². The lowest BCUT2D eigenvalue weighted by Crippen LogP contribution is -2.40. The summed E-state index contributed by atoms with van der Waals surface area (Å²) in [7, 11) is 0. The van der Waals surface area contributed by atoms with Crippen molar-refractivity contribution in [2.45, 2.75) is 38.6 Å². The molecule has 1 N–H and O–H groups in total. The Kier molecular flexibility index (Phi) is 4.57. The zero-order valence-corrected chi connectivity index (χ0v) is 14.7. The van der Waals surface area contributed by atoms with Gasteiger partial charge in [0.05, 0.1) is 5.92 Å². The maximum absolute atomic E-state index is 12.7. The maximum atomic E-state index is 12.7. The third-order valence-corrected chi connectivity index (χ3v) is 4.01. The average Bonchev–Trinajstić information content (AvgIpc) is 2.97. The lowest BCUT2D eigenvalue weighted by atomic mass is 9.93. The van der Waals surface area contributed by atoms with Crippen molar-refractivity contribution in [1.29, 1.82) is 0 Å². The Labute approximate surface area is 147 Å². The van der Waals surface area contributed by atoms with E-state index in [1.165, 1.54) is 0 Å². The molecule has 0 saturated carbocycles. The number of carbonyl (C=O) groups is 2. The number of aromatic nitrogens is 1. The Bertz CT molecular complexity index is 809. The molecule has 25 heavy (non-hydrogen) atoms. The van der Waals surface area contributed by atoms with Crippen molar-refractivity contribution in [3.8, 4) is 5.75 Å². The lowest BCUT2D eigenvalue weighted by molar-refractivity contribution is -0.120. The predicted molar refractivity (Wildman–Crippen MR) is 94.8 cm³/mol. The summed E-state index contributed by atoms with van der Waals surface area (Å²) in [6, 6.07) is 11.1. The number of rotatable bonds is 4. The Morgan fingerprint density at radius 2 is 2.00 bits per heavy atom. The smallest absolute Gasteiger partial charge is 0.270 e. The molecule has 1 unspecified atom stereocenters. The van der Waals surface area contributed by atoms with Gasteiger partial charge in [-0.05, 0) is 44.5 Å². The number of pyridine rings is 1.